The zero-order valence-electron chi connectivity index (χ0n) is 14.5. The summed E-state index contributed by atoms with van der Waals surface area (Å²) >= 11 is 1.92. The van der Waals surface area contributed by atoms with Gasteiger partial charge in [-0.1, -0.05) is 49.2 Å². The van der Waals surface area contributed by atoms with Gasteiger partial charge in [0.15, 0.2) is 0 Å². The van der Waals surface area contributed by atoms with E-state index < -0.39 is 0 Å². The van der Waals surface area contributed by atoms with E-state index in [0.717, 1.165) is 17.8 Å². The number of carbonyl (C=O) groups excluding carboxylic acids is 1. The first-order chi connectivity index (χ1) is 12.2. The van der Waals surface area contributed by atoms with Crippen LogP contribution in [0.4, 0.5) is 5.69 Å². The molecule has 0 unspecified atom stereocenters. The molecule has 0 heterocycles. The second-order valence-corrected chi connectivity index (χ2v) is 8.32. The lowest BCUT2D eigenvalue weighted by atomic mass is 10.1. The Morgan fingerprint density at radius 3 is 2.44 bits per heavy atom. The van der Waals surface area contributed by atoms with Gasteiger partial charge in [-0.05, 0) is 43.0 Å². The summed E-state index contributed by atoms with van der Waals surface area (Å²) in [5, 5.41) is 3.17. The molecule has 3 N–H and O–H groups in total. The average Bonchev–Trinajstić information content (AvgIpc) is 3.09. The van der Waals surface area contributed by atoms with Crippen molar-refractivity contribution in [3.63, 3.8) is 0 Å². The van der Waals surface area contributed by atoms with Crippen LogP contribution in [0.5, 0.6) is 0 Å². The zero-order chi connectivity index (χ0) is 17.5. The molecule has 0 radical (unpaired) electrons. The lowest BCUT2D eigenvalue weighted by molar-refractivity contribution is -0.121. The Kier molecular flexibility index (Phi) is 6.03. The molecule has 25 heavy (non-hydrogen) atoms. The number of nitrogen functional groups attached to an aromatic ring is 1. The lowest BCUT2D eigenvalue weighted by Crippen LogP contribution is -2.38. The third-order valence-corrected chi connectivity index (χ3v) is 6.37. The van der Waals surface area contributed by atoms with Crippen LogP contribution in [0.2, 0.25) is 0 Å². The molecule has 0 bridgehead atoms. The minimum absolute atomic E-state index is 0.114. The molecule has 0 spiro atoms. The topological polar surface area (TPSA) is 55.1 Å². The first-order valence-corrected chi connectivity index (χ1v) is 9.83. The third kappa shape index (κ3) is 5.02. The molecular formula is C21H26N2OS. The van der Waals surface area contributed by atoms with Crippen molar-refractivity contribution >= 4 is 23.4 Å². The molecule has 0 aromatic heterocycles. The quantitative estimate of drug-likeness (QED) is 0.724. The molecule has 1 aliphatic rings. The van der Waals surface area contributed by atoms with Crippen molar-refractivity contribution in [3.05, 3.63) is 60.2 Å². The molecule has 0 saturated heterocycles. The van der Waals surface area contributed by atoms with Crippen LogP contribution >= 0.6 is 11.8 Å². The molecule has 3 nitrogen and oxygen atoms in total. The van der Waals surface area contributed by atoms with Crippen molar-refractivity contribution in [2.45, 2.75) is 48.2 Å². The second kappa shape index (κ2) is 8.43. The number of hydrogen-bond acceptors (Lipinski definition) is 3. The predicted molar refractivity (Wildman–Crippen MR) is 106 cm³/mol. The highest BCUT2D eigenvalue weighted by molar-refractivity contribution is 8.00. The summed E-state index contributed by atoms with van der Waals surface area (Å²) in [6, 6.07) is 18.3. The molecular weight excluding hydrogens is 328 g/mol. The van der Waals surface area contributed by atoms with Crippen LogP contribution in [0.3, 0.4) is 0 Å². The van der Waals surface area contributed by atoms with Crippen LogP contribution in [-0.4, -0.2) is 17.2 Å². The zero-order valence-corrected chi connectivity index (χ0v) is 15.4. The van der Waals surface area contributed by atoms with Crippen LogP contribution < -0.4 is 11.1 Å². The molecule has 1 aliphatic carbocycles. The number of nitrogens with two attached hydrogens (primary N) is 1. The van der Waals surface area contributed by atoms with E-state index in [1.165, 1.54) is 30.6 Å². The van der Waals surface area contributed by atoms with Crippen molar-refractivity contribution in [2.75, 3.05) is 12.3 Å². The van der Waals surface area contributed by atoms with Gasteiger partial charge >= 0.3 is 0 Å². The van der Waals surface area contributed by atoms with E-state index in [9.17, 15) is 4.79 Å². The minimum atomic E-state index is 0.114. The Balaban J connectivity index is 1.53. The normalized spacial score (nSPS) is 15.8. The van der Waals surface area contributed by atoms with Gasteiger partial charge in [0.25, 0.3) is 0 Å². The van der Waals surface area contributed by atoms with Crippen LogP contribution in [-0.2, 0) is 11.2 Å². The highest BCUT2D eigenvalue weighted by Crippen LogP contribution is 2.44. The van der Waals surface area contributed by atoms with Crippen LogP contribution in [0.1, 0.15) is 37.7 Å². The Hall–Kier alpha value is -1.94. The maximum atomic E-state index is 12.3. The third-order valence-electron chi connectivity index (χ3n) is 4.88. The molecule has 2 aromatic rings. The summed E-state index contributed by atoms with van der Waals surface area (Å²) in [4.78, 5) is 13.6. The predicted octanol–water partition coefficient (Wildman–Crippen LogP) is 4.42. The van der Waals surface area contributed by atoms with Crippen molar-refractivity contribution in [2.24, 2.45) is 0 Å². The first kappa shape index (κ1) is 17.9. The van der Waals surface area contributed by atoms with Crippen molar-refractivity contribution in [3.8, 4) is 0 Å². The van der Waals surface area contributed by atoms with E-state index >= 15 is 0 Å². The molecule has 1 saturated carbocycles. The first-order valence-electron chi connectivity index (χ1n) is 9.01. The number of amides is 1. The molecule has 3 rings (SSSR count). The van der Waals surface area contributed by atoms with E-state index in [4.69, 9.17) is 5.73 Å². The number of nitrogens with one attached hydrogen (secondary N) is 1. The van der Waals surface area contributed by atoms with Gasteiger partial charge in [-0.25, -0.2) is 0 Å². The number of anilines is 1. The van der Waals surface area contributed by atoms with Gasteiger partial charge in [0.2, 0.25) is 5.91 Å². The molecule has 1 fully saturated rings. The van der Waals surface area contributed by atoms with Gasteiger partial charge in [-0.3, -0.25) is 4.79 Å². The summed E-state index contributed by atoms with van der Waals surface area (Å²) in [7, 11) is 0. The molecule has 0 atom stereocenters. The lowest BCUT2D eigenvalue weighted by Gasteiger charge is -2.28. The minimum Gasteiger partial charge on any atom is -0.399 e. The second-order valence-electron chi connectivity index (χ2n) is 6.78. The van der Waals surface area contributed by atoms with Crippen molar-refractivity contribution in [1.82, 2.24) is 5.32 Å². The maximum Gasteiger partial charge on any atom is 0.220 e. The van der Waals surface area contributed by atoms with Crippen LogP contribution in [0.15, 0.2) is 59.5 Å². The summed E-state index contributed by atoms with van der Waals surface area (Å²) < 4.78 is 0.142. The molecule has 1 amide bonds. The Morgan fingerprint density at radius 1 is 1.04 bits per heavy atom. The Morgan fingerprint density at radius 2 is 1.72 bits per heavy atom. The summed E-state index contributed by atoms with van der Waals surface area (Å²) in [5.41, 5.74) is 7.77. The standard InChI is InChI=1S/C21H26N2OS/c22-19-11-5-4-8-17(19)12-13-20(24)23-16-21(14-6-7-15-21)25-18-9-2-1-3-10-18/h1-5,8-11H,6-7,12-16,22H2,(H,23,24). The smallest absolute Gasteiger partial charge is 0.220 e. The average molecular weight is 355 g/mol. The number of para-hydroxylation sites is 1. The largest absolute Gasteiger partial charge is 0.399 e. The van der Waals surface area contributed by atoms with Crippen molar-refractivity contribution < 1.29 is 4.79 Å². The summed E-state index contributed by atoms with van der Waals surface area (Å²) in [6.45, 7) is 0.746. The molecule has 132 valence electrons. The van der Waals surface area contributed by atoms with Crippen molar-refractivity contribution in [1.29, 1.82) is 0 Å². The van der Waals surface area contributed by atoms with E-state index in [-0.39, 0.29) is 10.7 Å². The number of rotatable bonds is 7. The summed E-state index contributed by atoms with van der Waals surface area (Å²) in [6.07, 6.45) is 6.00. The van der Waals surface area contributed by atoms with E-state index in [1.54, 1.807) is 0 Å². The fraction of sp³-hybridized carbons (Fsp3) is 0.381. The molecule has 2 aromatic carbocycles. The number of benzene rings is 2. The van der Waals surface area contributed by atoms with Gasteiger partial charge < -0.3 is 11.1 Å². The number of hydrogen-bond donors (Lipinski definition) is 2. The maximum absolute atomic E-state index is 12.3. The molecule has 4 heteroatoms. The van der Waals surface area contributed by atoms with Gasteiger partial charge in [-0.15, -0.1) is 11.8 Å². The highest BCUT2D eigenvalue weighted by Gasteiger charge is 2.35. The van der Waals surface area contributed by atoms with E-state index in [1.807, 2.05) is 42.1 Å². The monoisotopic (exact) mass is 354 g/mol. The fourth-order valence-electron chi connectivity index (χ4n) is 3.43. The Labute approximate surface area is 154 Å². The number of aryl methyl sites for hydroxylation is 1. The van der Waals surface area contributed by atoms with Gasteiger partial charge in [-0.2, -0.15) is 0 Å². The number of carbonyl (C=O) groups is 1. The van der Waals surface area contributed by atoms with E-state index in [0.29, 0.717) is 12.8 Å². The number of thioether (sulfide) groups is 1. The highest BCUT2D eigenvalue weighted by atomic mass is 32.2. The Bertz CT molecular complexity index is 696. The van der Waals surface area contributed by atoms with Crippen LogP contribution in [0, 0.1) is 0 Å². The SMILES string of the molecule is Nc1ccccc1CCC(=O)NCC1(Sc2ccccc2)CCCC1. The van der Waals surface area contributed by atoms with Gasteiger partial charge in [0.1, 0.15) is 0 Å². The van der Waals surface area contributed by atoms with Crippen LogP contribution in [0.25, 0.3) is 0 Å². The van der Waals surface area contributed by atoms with Gasteiger partial charge in [0.05, 0.1) is 0 Å². The van der Waals surface area contributed by atoms with E-state index in [2.05, 4.69) is 29.6 Å². The molecule has 0 aliphatic heterocycles. The van der Waals surface area contributed by atoms with Gasteiger partial charge in [0, 0.05) is 28.3 Å². The fourth-order valence-corrected chi connectivity index (χ4v) is 4.86. The summed E-state index contributed by atoms with van der Waals surface area (Å²) in [5.74, 6) is 0.114.